The Labute approximate surface area is 126 Å². The molecule has 0 saturated heterocycles. The molecule has 1 heterocycles. The number of benzene rings is 2. The standard InChI is InChI=1S/C17H14N2O3/c1-10-5-6-12(17(21)22)9-14(10)19-16(20)13-4-2-3-11-7-8-18-15(11)13/h2-9,18H,1H3,(H,19,20)(H,21,22). The number of anilines is 1. The van der Waals surface area contributed by atoms with E-state index in [1.54, 1.807) is 18.3 Å². The second kappa shape index (κ2) is 5.37. The van der Waals surface area contributed by atoms with Crippen molar-refractivity contribution in [1.82, 2.24) is 4.98 Å². The quantitative estimate of drug-likeness (QED) is 0.692. The van der Waals surface area contributed by atoms with Crippen molar-refractivity contribution in [2.24, 2.45) is 0 Å². The maximum Gasteiger partial charge on any atom is 0.335 e. The fourth-order valence-electron chi connectivity index (χ4n) is 2.35. The average Bonchev–Trinajstić information content (AvgIpc) is 2.97. The van der Waals surface area contributed by atoms with Crippen molar-refractivity contribution in [1.29, 1.82) is 0 Å². The number of para-hydroxylation sites is 1. The van der Waals surface area contributed by atoms with Gasteiger partial charge in [0, 0.05) is 17.3 Å². The Hall–Kier alpha value is -3.08. The molecule has 22 heavy (non-hydrogen) atoms. The van der Waals surface area contributed by atoms with E-state index >= 15 is 0 Å². The molecule has 2 aromatic carbocycles. The van der Waals surface area contributed by atoms with Crippen molar-refractivity contribution in [2.75, 3.05) is 5.32 Å². The van der Waals surface area contributed by atoms with Crippen LogP contribution >= 0.6 is 0 Å². The van der Waals surface area contributed by atoms with Gasteiger partial charge in [0.15, 0.2) is 0 Å². The second-order valence-corrected chi connectivity index (χ2v) is 5.04. The minimum Gasteiger partial charge on any atom is -0.478 e. The summed E-state index contributed by atoms with van der Waals surface area (Å²) in [6.07, 6.45) is 1.78. The lowest BCUT2D eigenvalue weighted by Gasteiger charge is -2.10. The number of carbonyl (C=O) groups excluding carboxylic acids is 1. The van der Waals surface area contributed by atoms with Crippen LogP contribution in [0.5, 0.6) is 0 Å². The van der Waals surface area contributed by atoms with Crippen LogP contribution in [0.3, 0.4) is 0 Å². The molecule has 0 saturated carbocycles. The normalized spacial score (nSPS) is 10.6. The number of carboxylic acids is 1. The van der Waals surface area contributed by atoms with Crippen LogP contribution in [0, 0.1) is 6.92 Å². The van der Waals surface area contributed by atoms with Gasteiger partial charge < -0.3 is 15.4 Å². The lowest BCUT2D eigenvalue weighted by atomic mass is 10.1. The molecule has 3 N–H and O–H groups in total. The Bertz CT molecular complexity index is 880. The second-order valence-electron chi connectivity index (χ2n) is 5.04. The zero-order valence-corrected chi connectivity index (χ0v) is 11.9. The number of H-pyrrole nitrogens is 1. The third-order valence-electron chi connectivity index (χ3n) is 3.56. The first-order valence-electron chi connectivity index (χ1n) is 6.77. The number of hydrogen-bond acceptors (Lipinski definition) is 2. The predicted octanol–water partition coefficient (Wildman–Crippen LogP) is 3.43. The summed E-state index contributed by atoms with van der Waals surface area (Å²) < 4.78 is 0. The van der Waals surface area contributed by atoms with E-state index in [-0.39, 0.29) is 11.5 Å². The summed E-state index contributed by atoms with van der Waals surface area (Å²) in [5, 5.41) is 12.8. The number of aromatic amines is 1. The highest BCUT2D eigenvalue weighted by Gasteiger charge is 2.13. The zero-order chi connectivity index (χ0) is 15.7. The Morgan fingerprint density at radius 1 is 1.14 bits per heavy atom. The maximum absolute atomic E-state index is 12.5. The van der Waals surface area contributed by atoms with Crippen LogP contribution in [-0.2, 0) is 0 Å². The fourth-order valence-corrected chi connectivity index (χ4v) is 2.35. The van der Waals surface area contributed by atoms with Crippen molar-refractivity contribution < 1.29 is 14.7 Å². The van der Waals surface area contributed by atoms with Gasteiger partial charge in [-0.1, -0.05) is 18.2 Å². The van der Waals surface area contributed by atoms with E-state index in [9.17, 15) is 9.59 Å². The molecule has 1 amide bonds. The summed E-state index contributed by atoms with van der Waals surface area (Å²) in [6.45, 7) is 1.82. The molecule has 3 rings (SSSR count). The lowest BCUT2D eigenvalue weighted by Crippen LogP contribution is -2.14. The van der Waals surface area contributed by atoms with Gasteiger partial charge in [0.1, 0.15) is 0 Å². The van der Waals surface area contributed by atoms with Gasteiger partial charge in [-0.2, -0.15) is 0 Å². The molecule has 0 aliphatic heterocycles. The van der Waals surface area contributed by atoms with Gasteiger partial charge in [0.05, 0.1) is 16.6 Å². The summed E-state index contributed by atoms with van der Waals surface area (Å²) in [6, 6.07) is 12.0. The van der Waals surface area contributed by atoms with E-state index in [0.717, 1.165) is 16.5 Å². The van der Waals surface area contributed by atoms with Gasteiger partial charge in [0.25, 0.3) is 5.91 Å². The van der Waals surface area contributed by atoms with E-state index in [0.29, 0.717) is 11.3 Å². The van der Waals surface area contributed by atoms with Crippen LogP contribution in [0.1, 0.15) is 26.3 Å². The first-order chi connectivity index (χ1) is 10.6. The van der Waals surface area contributed by atoms with E-state index in [4.69, 9.17) is 5.11 Å². The minimum atomic E-state index is -1.03. The summed E-state index contributed by atoms with van der Waals surface area (Å²) in [4.78, 5) is 26.6. The Morgan fingerprint density at radius 2 is 1.95 bits per heavy atom. The van der Waals surface area contributed by atoms with E-state index < -0.39 is 5.97 Å². The van der Waals surface area contributed by atoms with Crippen molar-refractivity contribution in [2.45, 2.75) is 6.92 Å². The Morgan fingerprint density at radius 3 is 2.73 bits per heavy atom. The summed E-state index contributed by atoms with van der Waals surface area (Å²) in [7, 11) is 0. The van der Waals surface area contributed by atoms with Crippen molar-refractivity contribution in [3.63, 3.8) is 0 Å². The van der Waals surface area contributed by atoms with Gasteiger partial charge in [-0.3, -0.25) is 4.79 Å². The number of amides is 1. The molecule has 1 aromatic heterocycles. The molecule has 0 atom stereocenters. The van der Waals surface area contributed by atoms with Crippen LogP contribution in [0.2, 0.25) is 0 Å². The van der Waals surface area contributed by atoms with Crippen molar-refractivity contribution >= 4 is 28.5 Å². The maximum atomic E-state index is 12.5. The van der Waals surface area contributed by atoms with Crippen LogP contribution in [0.25, 0.3) is 10.9 Å². The summed E-state index contributed by atoms with van der Waals surface area (Å²) >= 11 is 0. The number of carbonyl (C=O) groups is 2. The average molecular weight is 294 g/mol. The summed E-state index contributed by atoms with van der Waals surface area (Å²) in [5.41, 5.74) is 2.71. The van der Waals surface area contributed by atoms with Gasteiger partial charge in [-0.05, 0) is 36.8 Å². The molecule has 110 valence electrons. The number of aryl methyl sites for hydroxylation is 1. The minimum absolute atomic E-state index is 0.138. The summed E-state index contributed by atoms with van der Waals surface area (Å²) in [5.74, 6) is -1.30. The van der Waals surface area contributed by atoms with E-state index in [2.05, 4.69) is 10.3 Å². The molecular formula is C17H14N2O3. The Balaban J connectivity index is 1.96. The molecule has 0 spiro atoms. The molecule has 0 aliphatic rings. The number of fused-ring (bicyclic) bond motifs is 1. The molecule has 3 aromatic rings. The van der Waals surface area contributed by atoms with Gasteiger partial charge in [-0.15, -0.1) is 0 Å². The SMILES string of the molecule is Cc1ccc(C(=O)O)cc1NC(=O)c1cccc2cc[nH]c12. The van der Waals surface area contributed by atoms with Gasteiger partial charge in [-0.25, -0.2) is 4.79 Å². The lowest BCUT2D eigenvalue weighted by molar-refractivity contribution is 0.0696. The topological polar surface area (TPSA) is 82.2 Å². The largest absolute Gasteiger partial charge is 0.478 e. The van der Waals surface area contributed by atoms with Crippen molar-refractivity contribution in [3.8, 4) is 0 Å². The van der Waals surface area contributed by atoms with E-state index in [1.807, 2.05) is 25.1 Å². The zero-order valence-electron chi connectivity index (χ0n) is 11.9. The number of carboxylic acid groups (broad SMARTS) is 1. The Kier molecular flexibility index (Phi) is 3.39. The van der Waals surface area contributed by atoms with Crippen LogP contribution < -0.4 is 5.32 Å². The number of nitrogens with one attached hydrogen (secondary N) is 2. The fraction of sp³-hybridized carbons (Fsp3) is 0.0588. The molecule has 0 fully saturated rings. The smallest absolute Gasteiger partial charge is 0.335 e. The molecule has 0 unspecified atom stereocenters. The molecule has 0 bridgehead atoms. The van der Waals surface area contributed by atoms with E-state index in [1.165, 1.54) is 12.1 Å². The molecule has 5 nitrogen and oxygen atoms in total. The molecule has 5 heteroatoms. The molecule has 0 radical (unpaired) electrons. The monoisotopic (exact) mass is 294 g/mol. The molecule has 0 aliphatic carbocycles. The highest BCUT2D eigenvalue weighted by atomic mass is 16.4. The first-order valence-corrected chi connectivity index (χ1v) is 6.77. The third-order valence-corrected chi connectivity index (χ3v) is 3.56. The van der Waals surface area contributed by atoms with Crippen molar-refractivity contribution in [3.05, 3.63) is 65.4 Å². The number of rotatable bonds is 3. The highest BCUT2D eigenvalue weighted by molar-refractivity contribution is 6.12. The number of aromatic carboxylic acids is 1. The highest BCUT2D eigenvalue weighted by Crippen LogP contribution is 2.21. The number of hydrogen-bond donors (Lipinski definition) is 3. The van der Waals surface area contributed by atoms with Crippen LogP contribution in [-0.4, -0.2) is 22.0 Å². The van der Waals surface area contributed by atoms with Gasteiger partial charge >= 0.3 is 5.97 Å². The predicted molar refractivity (Wildman–Crippen MR) is 84.4 cm³/mol. The van der Waals surface area contributed by atoms with Gasteiger partial charge in [0.2, 0.25) is 0 Å². The van der Waals surface area contributed by atoms with Crippen LogP contribution in [0.4, 0.5) is 5.69 Å². The first kappa shape index (κ1) is 13.9. The third kappa shape index (κ3) is 2.44. The molecular weight excluding hydrogens is 280 g/mol. The van der Waals surface area contributed by atoms with Crippen LogP contribution in [0.15, 0.2) is 48.7 Å². The number of aromatic nitrogens is 1.